The van der Waals surface area contributed by atoms with E-state index in [9.17, 15) is 9.59 Å². The summed E-state index contributed by atoms with van der Waals surface area (Å²) in [6.07, 6.45) is 3.69. The van der Waals surface area contributed by atoms with E-state index < -0.39 is 5.97 Å². The molecule has 11 heteroatoms. The fraction of sp³-hybridized carbons (Fsp3) is 0.100. The van der Waals surface area contributed by atoms with E-state index in [1.807, 2.05) is 54.7 Å². The molecule has 0 spiro atoms. The Hall–Kier alpha value is -5.29. The highest BCUT2D eigenvalue weighted by Crippen LogP contribution is 2.35. The van der Waals surface area contributed by atoms with Gasteiger partial charge in [-0.15, -0.1) is 5.10 Å². The lowest BCUT2D eigenvalue weighted by Gasteiger charge is -2.18. The Kier molecular flexibility index (Phi) is 6.05. The monoisotopic (exact) mass is 563 g/mol. The summed E-state index contributed by atoms with van der Waals surface area (Å²) in [4.78, 5) is 30.0. The van der Waals surface area contributed by atoms with Gasteiger partial charge in [0.05, 0.1) is 15.8 Å². The number of esters is 1. The maximum absolute atomic E-state index is 13.4. The highest BCUT2D eigenvalue weighted by molar-refractivity contribution is 7.15. The maximum atomic E-state index is 13.4. The Morgan fingerprint density at radius 1 is 0.976 bits per heavy atom. The Bertz CT molecular complexity index is 2050. The normalized spacial score (nSPS) is 13.0. The number of rotatable bonds is 5. The molecule has 4 heterocycles. The lowest BCUT2D eigenvalue weighted by atomic mass is 10.1. The summed E-state index contributed by atoms with van der Waals surface area (Å²) in [5.74, 6) is 1.51. The number of aromatic nitrogens is 5. The lowest BCUT2D eigenvalue weighted by molar-refractivity contribution is -0.131. The van der Waals surface area contributed by atoms with Gasteiger partial charge in [-0.2, -0.15) is 14.6 Å². The SMILES string of the molecule is CC(=O)Oc1ccccc1-c1nc2s/c(=C\c3cn(-c4ccccc4)nc3-c3ccc4c(c3)OCCO4)c(=O)n2n1. The molecule has 41 heavy (non-hydrogen) atoms. The molecular formula is C30H21N5O5S. The van der Waals surface area contributed by atoms with Crippen LogP contribution in [0.5, 0.6) is 17.2 Å². The van der Waals surface area contributed by atoms with Crippen molar-refractivity contribution in [3.05, 3.63) is 99.4 Å². The molecule has 3 aromatic heterocycles. The number of carbonyl (C=O) groups excluding carboxylic acids is 1. The van der Waals surface area contributed by atoms with E-state index in [2.05, 4.69) is 10.1 Å². The zero-order valence-corrected chi connectivity index (χ0v) is 22.5. The van der Waals surface area contributed by atoms with E-state index in [4.69, 9.17) is 19.3 Å². The number of nitrogens with zero attached hydrogens (tertiary/aromatic N) is 5. The van der Waals surface area contributed by atoms with Gasteiger partial charge >= 0.3 is 5.97 Å². The van der Waals surface area contributed by atoms with Crippen molar-refractivity contribution in [1.29, 1.82) is 0 Å². The van der Waals surface area contributed by atoms with E-state index in [1.165, 1.54) is 22.8 Å². The molecule has 0 fully saturated rings. The number of benzene rings is 3. The number of ether oxygens (including phenoxy) is 3. The van der Waals surface area contributed by atoms with E-state index in [0.29, 0.717) is 57.0 Å². The Balaban J connectivity index is 1.34. The van der Waals surface area contributed by atoms with Crippen LogP contribution in [0.15, 0.2) is 83.8 Å². The highest BCUT2D eigenvalue weighted by Gasteiger charge is 2.19. The smallest absolute Gasteiger partial charge is 0.308 e. The zero-order valence-electron chi connectivity index (χ0n) is 21.7. The molecule has 0 saturated heterocycles. The van der Waals surface area contributed by atoms with Gasteiger partial charge in [0, 0.05) is 24.2 Å². The van der Waals surface area contributed by atoms with E-state index in [-0.39, 0.29) is 5.56 Å². The summed E-state index contributed by atoms with van der Waals surface area (Å²) in [7, 11) is 0. The summed E-state index contributed by atoms with van der Waals surface area (Å²) in [5, 5.41) is 9.30. The molecule has 10 nitrogen and oxygen atoms in total. The average molecular weight is 564 g/mol. The van der Waals surface area contributed by atoms with Crippen LogP contribution >= 0.6 is 11.3 Å². The average Bonchev–Trinajstić information content (AvgIpc) is 3.68. The van der Waals surface area contributed by atoms with Crippen LogP contribution in [0.2, 0.25) is 0 Å². The van der Waals surface area contributed by atoms with Gasteiger partial charge in [-0.3, -0.25) is 9.59 Å². The van der Waals surface area contributed by atoms with Gasteiger partial charge < -0.3 is 14.2 Å². The summed E-state index contributed by atoms with van der Waals surface area (Å²) in [6.45, 7) is 2.31. The topological polar surface area (TPSA) is 110 Å². The number of thiazole rings is 1. The minimum atomic E-state index is -0.454. The quantitative estimate of drug-likeness (QED) is 0.229. The zero-order chi connectivity index (χ0) is 27.9. The first-order chi connectivity index (χ1) is 20.0. The molecule has 0 amide bonds. The first-order valence-corrected chi connectivity index (χ1v) is 13.6. The third-order valence-electron chi connectivity index (χ3n) is 6.43. The predicted molar refractivity (Wildman–Crippen MR) is 153 cm³/mol. The molecule has 0 saturated carbocycles. The number of para-hydroxylation sites is 2. The van der Waals surface area contributed by atoms with Gasteiger partial charge in [-0.25, -0.2) is 4.68 Å². The fourth-order valence-electron chi connectivity index (χ4n) is 4.61. The van der Waals surface area contributed by atoms with Crippen molar-refractivity contribution in [3.63, 3.8) is 0 Å². The van der Waals surface area contributed by atoms with Crippen molar-refractivity contribution in [2.45, 2.75) is 6.92 Å². The standard InChI is InChI=1S/C30H21N5O5S/c1-18(36)40-23-10-6-5-9-22(23)28-31-30-35(33-28)29(37)26(41-30)16-20-17-34(21-7-3-2-4-8-21)32-27(20)19-11-12-24-25(15-19)39-14-13-38-24/h2-12,15-17H,13-14H2,1H3/b26-16-. The second-order valence-corrected chi connectivity index (χ2v) is 10.2. The second-order valence-electron chi connectivity index (χ2n) is 9.21. The van der Waals surface area contributed by atoms with Crippen molar-refractivity contribution >= 4 is 28.3 Å². The van der Waals surface area contributed by atoms with Crippen LogP contribution in [0.1, 0.15) is 12.5 Å². The van der Waals surface area contributed by atoms with Crippen LogP contribution in [0.3, 0.4) is 0 Å². The van der Waals surface area contributed by atoms with E-state index >= 15 is 0 Å². The van der Waals surface area contributed by atoms with Gasteiger partial charge in [0.25, 0.3) is 5.56 Å². The summed E-state index contributed by atoms with van der Waals surface area (Å²) in [6, 6.07) is 22.4. The number of fused-ring (bicyclic) bond motifs is 2. The van der Waals surface area contributed by atoms with Crippen LogP contribution in [0, 0.1) is 0 Å². The Labute approximate surface area is 236 Å². The molecule has 0 radical (unpaired) electrons. The van der Waals surface area contributed by atoms with Crippen LogP contribution < -0.4 is 24.3 Å². The molecule has 0 atom stereocenters. The second kappa shape index (κ2) is 10.0. The third kappa shape index (κ3) is 4.61. The van der Waals surface area contributed by atoms with Crippen LogP contribution in [0.4, 0.5) is 0 Å². The lowest BCUT2D eigenvalue weighted by Crippen LogP contribution is -2.23. The van der Waals surface area contributed by atoms with Crippen molar-refractivity contribution in [2.75, 3.05) is 13.2 Å². The van der Waals surface area contributed by atoms with Crippen molar-refractivity contribution < 1.29 is 19.0 Å². The van der Waals surface area contributed by atoms with Gasteiger partial charge in [-0.05, 0) is 48.5 Å². The minimum absolute atomic E-state index is 0.297. The minimum Gasteiger partial charge on any atom is -0.486 e. The molecule has 6 aromatic rings. The van der Waals surface area contributed by atoms with Crippen LogP contribution in [-0.4, -0.2) is 43.6 Å². The molecule has 0 unspecified atom stereocenters. The van der Waals surface area contributed by atoms with Gasteiger partial charge in [-0.1, -0.05) is 41.7 Å². The third-order valence-corrected chi connectivity index (χ3v) is 7.39. The summed E-state index contributed by atoms with van der Waals surface area (Å²) in [5.41, 5.74) is 3.34. The molecular weight excluding hydrogens is 542 g/mol. The predicted octanol–water partition coefficient (Wildman–Crippen LogP) is 3.91. The molecule has 7 rings (SSSR count). The molecule has 1 aliphatic rings. The van der Waals surface area contributed by atoms with Gasteiger partial charge in [0.15, 0.2) is 17.3 Å². The number of hydrogen-bond acceptors (Lipinski definition) is 9. The first-order valence-electron chi connectivity index (χ1n) is 12.8. The van der Waals surface area contributed by atoms with E-state index in [0.717, 1.165) is 16.8 Å². The summed E-state index contributed by atoms with van der Waals surface area (Å²) < 4.78 is 20.3. The van der Waals surface area contributed by atoms with E-state index in [1.54, 1.807) is 35.0 Å². The van der Waals surface area contributed by atoms with Crippen LogP contribution in [-0.2, 0) is 4.79 Å². The molecule has 3 aromatic carbocycles. The Morgan fingerprint density at radius 2 is 1.76 bits per heavy atom. The maximum Gasteiger partial charge on any atom is 0.308 e. The van der Waals surface area contributed by atoms with Crippen LogP contribution in [0.25, 0.3) is 39.4 Å². The first kappa shape index (κ1) is 24.7. The molecule has 0 aliphatic carbocycles. The van der Waals surface area contributed by atoms with Gasteiger partial charge in [0.2, 0.25) is 4.96 Å². The van der Waals surface area contributed by atoms with Crippen molar-refractivity contribution in [2.24, 2.45) is 0 Å². The van der Waals surface area contributed by atoms with Gasteiger partial charge in [0.1, 0.15) is 24.7 Å². The fourth-order valence-corrected chi connectivity index (χ4v) is 5.50. The highest BCUT2D eigenvalue weighted by atomic mass is 32.1. The van der Waals surface area contributed by atoms with Crippen molar-refractivity contribution in [1.82, 2.24) is 24.4 Å². The summed E-state index contributed by atoms with van der Waals surface area (Å²) >= 11 is 1.22. The van der Waals surface area contributed by atoms with Crippen molar-refractivity contribution in [3.8, 4) is 45.6 Å². The number of carbonyl (C=O) groups is 1. The molecule has 202 valence electrons. The molecule has 0 bridgehead atoms. The Morgan fingerprint density at radius 3 is 2.56 bits per heavy atom. The number of hydrogen-bond donors (Lipinski definition) is 0. The molecule has 1 aliphatic heterocycles. The largest absolute Gasteiger partial charge is 0.486 e. The molecule has 0 N–H and O–H groups in total.